The zero-order valence-corrected chi connectivity index (χ0v) is 11.9. The van der Waals surface area contributed by atoms with Gasteiger partial charge in [-0.25, -0.2) is 0 Å². The van der Waals surface area contributed by atoms with E-state index in [2.05, 4.69) is 10.1 Å². The second-order valence-corrected chi connectivity index (χ2v) is 5.73. The Bertz CT molecular complexity index is 430. The SMILES string of the molecule is CCOC(=O)CCc1nc(C2(N)CCCSC2)no1. The van der Waals surface area contributed by atoms with E-state index in [1.54, 1.807) is 6.92 Å². The fraction of sp³-hybridized carbons (Fsp3) is 0.750. The van der Waals surface area contributed by atoms with Gasteiger partial charge in [0.15, 0.2) is 5.82 Å². The van der Waals surface area contributed by atoms with Crippen molar-refractivity contribution in [2.24, 2.45) is 5.73 Å². The Kier molecular flexibility index (Phi) is 4.81. The number of hydrogen-bond acceptors (Lipinski definition) is 7. The minimum atomic E-state index is -0.491. The topological polar surface area (TPSA) is 91.2 Å². The summed E-state index contributed by atoms with van der Waals surface area (Å²) in [6, 6.07) is 0. The average Bonchev–Trinajstić information content (AvgIpc) is 2.87. The van der Waals surface area contributed by atoms with Gasteiger partial charge in [0.25, 0.3) is 0 Å². The highest BCUT2D eigenvalue weighted by Gasteiger charge is 2.34. The second-order valence-electron chi connectivity index (χ2n) is 4.63. The maximum absolute atomic E-state index is 11.2. The third-order valence-corrected chi connectivity index (χ3v) is 4.33. The standard InChI is InChI=1S/C12H19N3O3S/c1-2-17-10(16)5-4-9-14-11(15-18-9)12(13)6-3-7-19-8-12/h2-8,13H2,1H3. The molecule has 2 rings (SSSR count). The van der Waals surface area contributed by atoms with Crippen LogP contribution in [0.5, 0.6) is 0 Å². The Morgan fingerprint density at radius 2 is 2.47 bits per heavy atom. The van der Waals surface area contributed by atoms with Crippen LogP contribution in [-0.4, -0.2) is 34.2 Å². The highest BCUT2D eigenvalue weighted by Crippen LogP contribution is 2.31. The third kappa shape index (κ3) is 3.70. The molecule has 106 valence electrons. The first kappa shape index (κ1) is 14.3. The maximum atomic E-state index is 11.2. The normalized spacial score (nSPS) is 23.3. The number of esters is 1. The minimum Gasteiger partial charge on any atom is -0.466 e. The monoisotopic (exact) mass is 285 g/mol. The molecule has 0 aromatic carbocycles. The van der Waals surface area contributed by atoms with Crippen molar-refractivity contribution in [2.45, 2.75) is 38.1 Å². The summed E-state index contributed by atoms with van der Waals surface area (Å²) in [6.45, 7) is 2.17. The van der Waals surface area contributed by atoms with E-state index >= 15 is 0 Å². The lowest BCUT2D eigenvalue weighted by Gasteiger charge is -2.29. The first-order chi connectivity index (χ1) is 9.14. The number of nitrogens with zero attached hydrogens (tertiary/aromatic N) is 2. The van der Waals surface area contributed by atoms with Crippen LogP contribution < -0.4 is 5.73 Å². The summed E-state index contributed by atoms with van der Waals surface area (Å²) in [5.74, 6) is 2.69. The Morgan fingerprint density at radius 3 is 3.16 bits per heavy atom. The number of carbonyl (C=O) groups is 1. The fourth-order valence-corrected chi connectivity index (χ4v) is 3.12. The summed E-state index contributed by atoms with van der Waals surface area (Å²) in [5, 5.41) is 3.96. The molecule has 1 unspecified atom stereocenters. The van der Waals surface area contributed by atoms with Crippen LogP contribution in [0.1, 0.15) is 37.9 Å². The van der Waals surface area contributed by atoms with Gasteiger partial charge in [0.2, 0.25) is 5.89 Å². The lowest BCUT2D eigenvalue weighted by Crippen LogP contribution is -2.42. The average molecular weight is 285 g/mol. The maximum Gasteiger partial charge on any atom is 0.306 e. The Morgan fingerprint density at radius 1 is 1.63 bits per heavy atom. The molecular weight excluding hydrogens is 266 g/mol. The highest BCUT2D eigenvalue weighted by atomic mass is 32.2. The lowest BCUT2D eigenvalue weighted by molar-refractivity contribution is -0.143. The molecule has 0 amide bonds. The van der Waals surface area contributed by atoms with Crippen LogP contribution in [0.3, 0.4) is 0 Å². The molecule has 1 atom stereocenters. The van der Waals surface area contributed by atoms with Gasteiger partial charge in [-0.2, -0.15) is 16.7 Å². The van der Waals surface area contributed by atoms with E-state index in [0.717, 1.165) is 24.3 Å². The quantitative estimate of drug-likeness (QED) is 0.814. The van der Waals surface area contributed by atoms with E-state index in [1.165, 1.54) is 0 Å². The van der Waals surface area contributed by atoms with Gasteiger partial charge in [-0.15, -0.1) is 0 Å². The third-order valence-electron chi connectivity index (χ3n) is 3.03. The smallest absolute Gasteiger partial charge is 0.306 e. The van der Waals surface area contributed by atoms with Crippen molar-refractivity contribution in [1.29, 1.82) is 0 Å². The largest absolute Gasteiger partial charge is 0.466 e. The van der Waals surface area contributed by atoms with Crippen molar-refractivity contribution in [2.75, 3.05) is 18.1 Å². The molecule has 1 fully saturated rings. The van der Waals surface area contributed by atoms with Crippen LogP contribution in [0.25, 0.3) is 0 Å². The van der Waals surface area contributed by atoms with Crippen molar-refractivity contribution in [1.82, 2.24) is 10.1 Å². The van der Waals surface area contributed by atoms with Crippen LogP contribution in [0.4, 0.5) is 0 Å². The van der Waals surface area contributed by atoms with E-state index in [9.17, 15) is 4.79 Å². The lowest BCUT2D eigenvalue weighted by atomic mass is 9.96. The van der Waals surface area contributed by atoms with Crippen LogP contribution in [0.2, 0.25) is 0 Å². The van der Waals surface area contributed by atoms with Crippen molar-refractivity contribution in [3.05, 3.63) is 11.7 Å². The van der Waals surface area contributed by atoms with Gasteiger partial charge in [-0.05, 0) is 25.5 Å². The van der Waals surface area contributed by atoms with Crippen molar-refractivity contribution < 1.29 is 14.1 Å². The van der Waals surface area contributed by atoms with Gasteiger partial charge in [-0.1, -0.05) is 5.16 Å². The van der Waals surface area contributed by atoms with Gasteiger partial charge in [-0.3, -0.25) is 4.79 Å². The van der Waals surface area contributed by atoms with Gasteiger partial charge >= 0.3 is 5.97 Å². The zero-order chi connectivity index (χ0) is 13.7. The van der Waals surface area contributed by atoms with E-state index in [1.807, 2.05) is 11.8 Å². The summed E-state index contributed by atoms with van der Waals surface area (Å²) in [5.41, 5.74) is 5.81. The molecule has 0 saturated carbocycles. The predicted molar refractivity (Wildman–Crippen MR) is 71.7 cm³/mol. The van der Waals surface area contributed by atoms with Gasteiger partial charge in [0.05, 0.1) is 18.6 Å². The van der Waals surface area contributed by atoms with E-state index in [4.69, 9.17) is 15.0 Å². The van der Waals surface area contributed by atoms with Crippen LogP contribution in [0, 0.1) is 0 Å². The van der Waals surface area contributed by atoms with E-state index in [-0.39, 0.29) is 12.4 Å². The number of carbonyl (C=O) groups excluding carboxylic acids is 1. The van der Waals surface area contributed by atoms with Crippen LogP contribution in [0.15, 0.2) is 4.52 Å². The number of thioether (sulfide) groups is 1. The molecule has 2 N–H and O–H groups in total. The molecule has 1 aliphatic rings. The first-order valence-corrected chi connectivity index (χ1v) is 7.65. The summed E-state index contributed by atoms with van der Waals surface area (Å²) in [6.07, 6.45) is 2.58. The molecule has 7 heteroatoms. The first-order valence-electron chi connectivity index (χ1n) is 6.49. The van der Waals surface area contributed by atoms with Crippen molar-refractivity contribution >= 4 is 17.7 Å². The fourth-order valence-electron chi connectivity index (χ4n) is 1.99. The number of hydrogen-bond donors (Lipinski definition) is 1. The Labute approximate surface area is 116 Å². The molecule has 1 aromatic heterocycles. The molecule has 0 spiro atoms. The molecule has 0 radical (unpaired) electrons. The number of aryl methyl sites for hydroxylation is 1. The van der Waals surface area contributed by atoms with E-state index in [0.29, 0.717) is 24.7 Å². The summed E-state index contributed by atoms with van der Waals surface area (Å²) < 4.78 is 10.0. The Balaban J connectivity index is 1.93. The van der Waals surface area contributed by atoms with Crippen molar-refractivity contribution in [3.63, 3.8) is 0 Å². The zero-order valence-electron chi connectivity index (χ0n) is 11.1. The second kappa shape index (κ2) is 6.38. The summed E-state index contributed by atoms with van der Waals surface area (Å²) in [7, 11) is 0. The highest BCUT2D eigenvalue weighted by molar-refractivity contribution is 7.99. The molecule has 1 aromatic rings. The molecule has 2 heterocycles. The van der Waals surface area contributed by atoms with Gasteiger partial charge in [0, 0.05) is 12.2 Å². The summed E-state index contributed by atoms with van der Waals surface area (Å²) in [4.78, 5) is 15.6. The minimum absolute atomic E-state index is 0.252. The van der Waals surface area contributed by atoms with E-state index < -0.39 is 5.54 Å². The van der Waals surface area contributed by atoms with Crippen molar-refractivity contribution in [3.8, 4) is 0 Å². The molecular formula is C12H19N3O3S. The molecule has 1 aliphatic heterocycles. The Hall–Kier alpha value is -1.08. The molecule has 1 saturated heterocycles. The number of nitrogens with two attached hydrogens (primary N) is 1. The number of aromatic nitrogens is 2. The summed E-state index contributed by atoms with van der Waals surface area (Å²) >= 11 is 1.81. The molecule has 0 aliphatic carbocycles. The number of ether oxygens (including phenoxy) is 1. The molecule has 19 heavy (non-hydrogen) atoms. The van der Waals surface area contributed by atoms with Gasteiger partial charge < -0.3 is 15.0 Å². The van der Waals surface area contributed by atoms with Gasteiger partial charge in [0.1, 0.15) is 0 Å². The number of rotatable bonds is 5. The molecule has 6 nitrogen and oxygen atoms in total. The van der Waals surface area contributed by atoms with Crippen LogP contribution in [-0.2, 0) is 21.5 Å². The molecule has 0 bridgehead atoms. The predicted octanol–water partition coefficient (Wildman–Crippen LogP) is 1.25. The van der Waals surface area contributed by atoms with Crippen LogP contribution >= 0.6 is 11.8 Å².